The van der Waals surface area contributed by atoms with Crippen molar-refractivity contribution in [1.29, 1.82) is 5.26 Å². The molecule has 2 aromatic carbocycles. The van der Waals surface area contributed by atoms with Gasteiger partial charge in [0.15, 0.2) is 0 Å². The van der Waals surface area contributed by atoms with E-state index in [0.717, 1.165) is 5.56 Å². The van der Waals surface area contributed by atoms with Gasteiger partial charge in [0.2, 0.25) is 5.91 Å². The summed E-state index contributed by atoms with van der Waals surface area (Å²) in [5.41, 5.74) is 1.77. The van der Waals surface area contributed by atoms with E-state index in [0.29, 0.717) is 17.8 Å². The Morgan fingerprint density at radius 2 is 1.92 bits per heavy atom. The van der Waals surface area contributed by atoms with Gasteiger partial charge in [-0.25, -0.2) is 4.39 Å². The zero-order valence-electron chi connectivity index (χ0n) is 13.3. The predicted octanol–water partition coefficient (Wildman–Crippen LogP) is 2.95. The summed E-state index contributed by atoms with van der Waals surface area (Å²) in [6.07, 6.45) is 0. The van der Waals surface area contributed by atoms with Crippen LogP contribution in [0, 0.1) is 17.1 Å². The molecular formula is C18H16FN3O2S. The van der Waals surface area contributed by atoms with Crippen molar-refractivity contribution in [2.45, 2.75) is 6.54 Å². The first-order valence-corrected chi connectivity index (χ1v) is 8.61. The highest BCUT2D eigenvalue weighted by atomic mass is 32.2. The number of rotatable bonds is 7. The lowest BCUT2D eigenvalue weighted by Gasteiger charge is -2.09. The second-order valence-electron chi connectivity index (χ2n) is 5.09. The maximum absolute atomic E-state index is 12.9. The number of thioether (sulfide) groups is 1. The first-order chi connectivity index (χ1) is 12.1. The fourth-order valence-corrected chi connectivity index (χ4v) is 2.49. The number of nitrogens with zero attached hydrogens (tertiary/aromatic N) is 1. The highest BCUT2D eigenvalue weighted by molar-refractivity contribution is 8.00. The summed E-state index contributed by atoms with van der Waals surface area (Å²) in [7, 11) is 0. The highest BCUT2D eigenvalue weighted by Gasteiger charge is 2.07. The molecule has 0 radical (unpaired) electrons. The minimum Gasteiger partial charge on any atom is -0.351 e. The van der Waals surface area contributed by atoms with E-state index >= 15 is 0 Å². The molecule has 0 unspecified atom stereocenters. The van der Waals surface area contributed by atoms with Gasteiger partial charge in [-0.3, -0.25) is 9.59 Å². The van der Waals surface area contributed by atoms with Crippen LogP contribution in [0.15, 0.2) is 48.5 Å². The molecule has 0 saturated heterocycles. The summed E-state index contributed by atoms with van der Waals surface area (Å²) in [4.78, 5) is 23.7. The third-order valence-electron chi connectivity index (χ3n) is 3.18. The molecule has 128 valence electrons. The summed E-state index contributed by atoms with van der Waals surface area (Å²) < 4.78 is 12.9. The van der Waals surface area contributed by atoms with Gasteiger partial charge in [0.05, 0.1) is 17.6 Å². The number of anilines is 1. The molecule has 0 saturated carbocycles. The molecule has 2 amide bonds. The first-order valence-electron chi connectivity index (χ1n) is 7.46. The SMILES string of the molecule is N#CCSCC(=O)NCc1cccc(NC(=O)c2ccc(F)cc2)c1. The van der Waals surface area contributed by atoms with Gasteiger partial charge in [-0.15, -0.1) is 11.8 Å². The Hall–Kier alpha value is -2.85. The second-order valence-corrected chi connectivity index (χ2v) is 6.07. The number of carbonyl (C=O) groups is 2. The van der Waals surface area contributed by atoms with Crippen LogP contribution in [-0.2, 0) is 11.3 Å². The topological polar surface area (TPSA) is 82.0 Å². The van der Waals surface area contributed by atoms with Gasteiger partial charge in [-0.1, -0.05) is 12.1 Å². The van der Waals surface area contributed by atoms with E-state index in [1.165, 1.54) is 36.0 Å². The van der Waals surface area contributed by atoms with Crippen molar-refractivity contribution in [2.75, 3.05) is 16.8 Å². The van der Waals surface area contributed by atoms with E-state index in [9.17, 15) is 14.0 Å². The van der Waals surface area contributed by atoms with Crippen molar-refractivity contribution in [2.24, 2.45) is 0 Å². The minimum atomic E-state index is -0.401. The molecule has 2 rings (SSSR count). The number of nitrogens with one attached hydrogen (secondary N) is 2. The Morgan fingerprint density at radius 3 is 2.64 bits per heavy atom. The van der Waals surface area contributed by atoms with Crippen molar-refractivity contribution in [1.82, 2.24) is 5.32 Å². The molecule has 0 aliphatic heterocycles. The van der Waals surface area contributed by atoms with Crippen LogP contribution in [0.1, 0.15) is 15.9 Å². The predicted molar refractivity (Wildman–Crippen MR) is 95.6 cm³/mol. The third-order valence-corrected chi connectivity index (χ3v) is 3.98. The first kappa shape index (κ1) is 18.5. The summed E-state index contributed by atoms with van der Waals surface area (Å²) >= 11 is 1.25. The smallest absolute Gasteiger partial charge is 0.255 e. The average molecular weight is 357 g/mol. The number of carbonyl (C=O) groups excluding carboxylic acids is 2. The summed E-state index contributed by atoms with van der Waals surface area (Å²) in [6, 6.07) is 14.3. The number of amides is 2. The maximum atomic E-state index is 12.9. The van der Waals surface area contributed by atoms with Crippen LogP contribution < -0.4 is 10.6 Å². The monoisotopic (exact) mass is 357 g/mol. The van der Waals surface area contributed by atoms with Gasteiger partial charge in [-0.2, -0.15) is 5.26 Å². The van der Waals surface area contributed by atoms with E-state index < -0.39 is 5.82 Å². The van der Waals surface area contributed by atoms with Crippen LogP contribution in [0.3, 0.4) is 0 Å². The molecule has 2 aromatic rings. The fourth-order valence-electron chi connectivity index (χ4n) is 2.00. The van der Waals surface area contributed by atoms with E-state index in [-0.39, 0.29) is 23.3 Å². The van der Waals surface area contributed by atoms with Gasteiger partial charge < -0.3 is 10.6 Å². The van der Waals surface area contributed by atoms with Crippen molar-refractivity contribution in [3.63, 3.8) is 0 Å². The molecule has 5 nitrogen and oxygen atoms in total. The van der Waals surface area contributed by atoms with Crippen LogP contribution in [0.25, 0.3) is 0 Å². The van der Waals surface area contributed by atoms with Gasteiger partial charge in [-0.05, 0) is 42.0 Å². The van der Waals surface area contributed by atoms with Crippen molar-refractivity contribution < 1.29 is 14.0 Å². The lowest BCUT2D eigenvalue weighted by molar-refractivity contribution is -0.118. The molecule has 0 aromatic heterocycles. The van der Waals surface area contributed by atoms with Gasteiger partial charge in [0, 0.05) is 17.8 Å². The summed E-state index contributed by atoms with van der Waals surface area (Å²) in [6.45, 7) is 0.326. The number of hydrogen-bond acceptors (Lipinski definition) is 4. The zero-order chi connectivity index (χ0) is 18.1. The van der Waals surface area contributed by atoms with Crippen molar-refractivity contribution in [3.8, 4) is 6.07 Å². The zero-order valence-corrected chi connectivity index (χ0v) is 14.1. The quantitative estimate of drug-likeness (QED) is 0.747. The van der Waals surface area contributed by atoms with Crippen LogP contribution in [0.4, 0.5) is 10.1 Å². The summed E-state index contributed by atoms with van der Waals surface area (Å²) in [5.74, 6) is -0.385. The fraction of sp³-hybridized carbons (Fsp3) is 0.167. The molecule has 2 N–H and O–H groups in total. The molecule has 0 bridgehead atoms. The van der Waals surface area contributed by atoms with Crippen LogP contribution in [0.2, 0.25) is 0 Å². The van der Waals surface area contributed by atoms with Gasteiger partial charge in [0.25, 0.3) is 5.91 Å². The third kappa shape index (κ3) is 6.28. The lowest BCUT2D eigenvalue weighted by Crippen LogP contribution is -2.24. The number of hydrogen-bond donors (Lipinski definition) is 2. The van der Waals surface area contributed by atoms with Gasteiger partial charge in [0.1, 0.15) is 5.82 Å². The lowest BCUT2D eigenvalue weighted by atomic mass is 10.1. The molecule has 0 aliphatic rings. The molecule has 0 heterocycles. The van der Waals surface area contributed by atoms with Gasteiger partial charge >= 0.3 is 0 Å². The molecule has 25 heavy (non-hydrogen) atoms. The van der Waals surface area contributed by atoms with E-state index in [1.54, 1.807) is 18.2 Å². The van der Waals surface area contributed by atoms with Crippen molar-refractivity contribution >= 4 is 29.3 Å². The molecular weight excluding hydrogens is 341 g/mol. The molecule has 7 heteroatoms. The molecule has 0 aliphatic carbocycles. The van der Waals surface area contributed by atoms with Crippen LogP contribution in [-0.4, -0.2) is 23.3 Å². The van der Waals surface area contributed by atoms with E-state index in [1.807, 2.05) is 12.1 Å². The Bertz CT molecular complexity index is 788. The highest BCUT2D eigenvalue weighted by Crippen LogP contribution is 2.13. The normalized spacial score (nSPS) is 9.92. The number of nitriles is 1. The van der Waals surface area contributed by atoms with Crippen LogP contribution in [0.5, 0.6) is 0 Å². The van der Waals surface area contributed by atoms with Crippen molar-refractivity contribution in [3.05, 3.63) is 65.5 Å². The Kier molecular flexibility index (Phi) is 6.99. The second kappa shape index (κ2) is 9.45. The Balaban J connectivity index is 1.90. The number of halogens is 1. The molecule has 0 fully saturated rings. The Labute approximate surface area is 149 Å². The minimum absolute atomic E-state index is 0.152. The summed E-state index contributed by atoms with van der Waals surface area (Å²) in [5, 5.41) is 13.9. The van der Waals surface area contributed by atoms with E-state index in [2.05, 4.69) is 10.6 Å². The number of benzene rings is 2. The molecule has 0 atom stereocenters. The standard InChI is InChI=1S/C18H16FN3O2S/c19-15-6-4-14(5-7-15)18(24)22-16-3-1-2-13(10-16)11-21-17(23)12-25-9-8-20/h1-7,10H,9,11-12H2,(H,21,23)(H,22,24). The van der Waals surface area contributed by atoms with Crippen LogP contribution >= 0.6 is 11.8 Å². The average Bonchev–Trinajstić information content (AvgIpc) is 2.61. The Morgan fingerprint density at radius 1 is 1.16 bits per heavy atom. The largest absolute Gasteiger partial charge is 0.351 e. The maximum Gasteiger partial charge on any atom is 0.255 e. The van der Waals surface area contributed by atoms with E-state index in [4.69, 9.17) is 5.26 Å². The molecule has 0 spiro atoms.